The van der Waals surface area contributed by atoms with Crippen LogP contribution in [-0.4, -0.2) is 5.33 Å². The molecule has 0 radical (unpaired) electrons. The molecule has 0 bridgehead atoms. The molecular formula is C10H12Br2S. The quantitative estimate of drug-likeness (QED) is 0.712. The third-order valence-electron chi connectivity index (χ3n) is 2.88. The summed E-state index contributed by atoms with van der Waals surface area (Å²) in [7, 11) is 0. The van der Waals surface area contributed by atoms with Crippen molar-refractivity contribution in [3.8, 4) is 0 Å². The van der Waals surface area contributed by atoms with E-state index < -0.39 is 0 Å². The normalized spacial score (nSPS) is 19.8. The van der Waals surface area contributed by atoms with Crippen molar-refractivity contribution in [1.29, 1.82) is 0 Å². The molecule has 0 spiro atoms. The smallest absolute Gasteiger partial charge is 0.0701 e. The van der Waals surface area contributed by atoms with Crippen LogP contribution in [-0.2, 0) is 6.42 Å². The summed E-state index contributed by atoms with van der Waals surface area (Å²) in [4.78, 5) is 1.52. The van der Waals surface area contributed by atoms with E-state index in [2.05, 4.69) is 44.0 Å². The van der Waals surface area contributed by atoms with Crippen LogP contribution in [0.1, 0.15) is 24.1 Å². The number of hydrogen-bond donors (Lipinski definition) is 0. The van der Waals surface area contributed by atoms with Crippen molar-refractivity contribution in [2.45, 2.75) is 25.7 Å². The molecule has 3 heteroatoms. The van der Waals surface area contributed by atoms with E-state index in [-0.39, 0.29) is 0 Å². The average molecular weight is 324 g/mol. The van der Waals surface area contributed by atoms with Crippen LogP contribution in [0.5, 0.6) is 0 Å². The Morgan fingerprint density at radius 3 is 2.54 bits per heavy atom. The van der Waals surface area contributed by atoms with Gasteiger partial charge in [-0.25, -0.2) is 0 Å². The Kier molecular flexibility index (Phi) is 3.16. The zero-order chi connectivity index (χ0) is 9.31. The second-order valence-electron chi connectivity index (χ2n) is 3.87. The lowest BCUT2D eigenvalue weighted by Crippen LogP contribution is -2.33. The van der Waals surface area contributed by atoms with E-state index in [0.717, 1.165) is 5.33 Å². The minimum Gasteiger partial charge on any atom is -0.133 e. The molecule has 0 aliphatic heterocycles. The first-order valence-electron chi connectivity index (χ1n) is 4.54. The van der Waals surface area contributed by atoms with E-state index in [0.29, 0.717) is 5.41 Å². The lowest BCUT2D eigenvalue weighted by atomic mass is 9.68. The Balaban J connectivity index is 2.04. The molecule has 0 amide bonds. The summed E-state index contributed by atoms with van der Waals surface area (Å²) in [6, 6.07) is 4.40. The van der Waals surface area contributed by atoms with Crippen molar-refractivity contribution >= 4 is 43.2 Å². The van der Waals surface area contributed by atoms with Crippen LogP contribution in [0.25, 0.3) is 0 Å². The molecule has 0 saturated heterocycles. The van der Waals surface area contributed by atoms with E-state index in [1.54, 1.807) is 0 Å². The first kappa shape index (κ1) is 10.2. The molecule has 0 atom stereocenters. The van der Waals surface area contributed by atoms with Gasteiger partial charge in [-0.1, -0.05) is 22.4 Å². The van der Waals surface area contributed by atoms with E-state index in [4.69, 9.17) is 0 Å². The van der Waals surface area contributed by atoms with Crippen LogP contribution >= 0.6 is 43.2 Å². The summed E-state index contributed by atoms with van der Waals surface area (Å²) >= 11 is 9.02. The highest BCUT2D eigenvalue weighted by Crippen LogP contribution is 2.46. The number of halogens is 2. The molecule has 0 nitrogen and oxygen atoms in total. The zero-order valence-electron chi connectivity index (χ0n) is 7.35. The van der Waals surface area contributed by atoms with E-state index in [1.165, 1.54) is 34.3 Å². The van der Waals surface area contributed by atoms with Gasteiger partial charge in [-0.2, -0.15) is 0 Å². The van der Waals surface area contributed by atoms with Crippen LogP contribution in [0.15, 0.2) is 15.9 Å². The van der Waals surface area contributed by atoms with Crippen LogP contribution in [0, 0.1) is 5.41 Å². The van der Waals surface area contributed by atoms with E-state index in [9.17, 15) is 0 Å². The maximum atomic E-state index is 3.64. The van der Waals surface area contributed by atoms with E-state index >= 15 is 0 Å². The van der Waals surface area contributed by atoms with Crippen molar-refractivity contribution in [1.82, 2.24) is 0 Å². The average Bonchev–Trinajstić information content (AvgIpc) is 2.44. The van der Waals surface area contributed by atoms with Crippen LogP contribution in [0.4, 0.5) is 0 Å². The fourth-order valence-electron chi connectivity index (χ4n) is 1.85. The number of alkyl halides is 1. The van der Waals surface area contributed by atoms with Gasteiger partial charge in [0.25, 0.3) is 0 Å². The Labute approximate surface area is 100.0 Å². The molecule has 0 aromatic carbocycles. The molecular weight excluding hydrogens is 312 g/mol. The fourth-order valence-corrected chi connectivity index (χ4v) is 4.27. The maximum absolute atomic E-state index is 3.64. The van der Waals surface area contributed by atoms with Gasteiger partial charge in [0, 0.05) is 10.2 Å². The van der Waals surface area contributed by atoms with Gasteiger partial charge in [0.2, 0.25) is 0 Å². The summed E-state index contributed by atoms with van der Waals surface area (Å²) in [6.07, 6.45) is 5.47. The third kappa shape index (κ3) is 2.18. The van der Waals surface area contributed by atoms with Gasteiger partial charge in [0.15, 0.2) is 0 Å². The van der Waals surface area contributed by atoms with Gasteiger partial charge < -0.3 is 0 Å². The van der Waals surface area contributed by atoms with Gasteiger partial charge in [0.05, 0.1) is 3.79 Å². The molecule has 0 N–H and O–H groups in total. The highest BCUT2D eigenvalue weighted by atomic mass is 79.9. The van der Waals surface area contributed by atoms with Gasteiger partial charge in [-0.05, 0) is 52.7 Å². The van der Waals surface area contributed by atoms with Gasteiger partial charge in [0.1, 0.15) is 0 Å². The van der Waals surface area contributed by atoms with Gasteiger partial charge >= 0.3 is 0 Å². The molecule has 1 heterocycles. The van der Waals surface area contributed by atoms with Gasteiger partial charge in [-0.3, -0.25) is 0 Å². The fraction of sp³-hybridized carbons (Fsp3) is 0.600. The first-order valence-corrected chi connectivity index (χ1v) is 7.27. The Morgan fingerprint density at radius 1 is 1.38 bits per heavy atom. The maximum Gasteiger partial charge on any atom is 0.0701 e. The van der Waals surface area contributed by atoms with Crippen LogP contribution < -0.4 is 0 Å². The zero-order valence-corrected chi connectivity index (χ0v) is 11.3. The number of hydrogen-bond acceptors (Lipinski definition) is 1. The van der Waals surface area contributed by atoms with Crippen molar-refractivity contribution < 1.29 is 0 Å². The van der Waals surface area contributed by atoms with Gasteiger partial charge in [-0.15, -0.1) is 11.3 Å². The molecule has 13 heavy (non-hydrogen) atoms. The Morgan fingerprint density at radius 2 is 2.15 bits per heavy atom. The number of rotatable bonds is 3. The number of thiophene rings is 1. The summed E-state index contributed by atoms with van der Waals surface area (Å²) < 4.78 is 1.26. The molecule has 1 aliphatic carbocycles. The molecule has 2 rings (SSSR count). The molecule has 0 unspecified atom stereocenters. The standard InChI is InChI=1S/C10H12Br2S/c11-7-10(4-1-5-10)6-8-2-3-9(12)13-8/h2-3H,1,4-7H2. The van der Waals surface area contributed by atoms with Crippen molar-refractivity contribution in [3.63, 3.8) is 0 Å². The second kappa shape index (κ2) is 4.03. The molecule has 1 saturated carbocycles. The summed E-state index contributed by atoms with van der Waals surface area (Å²) in [5, 5.41) is 1.16. The monoisotopic (exact) mass is 322 g/mol. The summed E-state index contributed by atoms with van der Waals surface area (Å²) in [5.74, 6) is 0. The summed E-state index contributed by atoms with van der Waals surface area (Å²) in [6.45, 7) is 0. The summed E-state index contributed by atoms with van der Waals surface area (Å²) in [5.41, 5.74) is 0.588. The lowest BCUT2D eigenvalue weighted by Gasteiger charge is -2.40. The largest absolute Gasteiger partial charge is 0.133 e. The molecule has 1 fully saturated rings. The molecule has 1 aromatic heterocycles. The highest BCUT2D eigenvalue weighted by molar-refractivity contribution is 9.11. The first-order chi connectivity index (χ1) is 6.24. The van der Waals surface area contributed by atoms with Crippen LogP contribution in [0.3, 0.4) is 0 Å². The van der Waals surface area contributed by atoms with Crippen molar-refractivity contribution in [2.75, 3.05) is 5.33 Å². The topological polar surface area (TPSA) is 0 Å². The second-order valence-corrected chi connectivity index (χ2v) is 6.98. The van der Waals surface area contributed by atoms with Crippen LogP contribution in [0.2, 0.25) is 0 Å². The SMILES string of the molecule is BrCC1(Cc2ccc(Br)s2)CCC1. The minimum atomic E-state index is 0.588. The third-order valence-corrected chi connectivity index (χ3v) is 5.69. The highest BCUT2D eigenvalue weighted by Gasteiger charge is 2.36. The van der Waals surface area contributed by atoms with Crippen molar-refractivity contribution in [2.24, 2.45) is 5.41 Å². The Hall–Kier alpha value is 0.660. The lowest BCUT2D eigenvalue weighted by molar-refractivity contribution is 0.171. The van der Waals surface area contributed by atoms with E-state index in [1.807, 2.05) is 11.3 Å². The predicted molar refractivity (Wildman–Crippen MR) is 65.8 cm³/mol. The molecule has 72 valence electrons. The Bertz CT molecular complexity index is 283. The molecule has 1 aliphatic rings. The minimum absolute atomic E-state index is 0.588. The predicted octanol–water partition coefficient (Wildman–Crippen LogP) is 4.62. The molecule has 1 aromatic rings. The van der Waals surface area contributed by atoms with Crippen molar-refractivity contribution in [3.05, 3.63) is 20.8 Å².